The molecule has 2 unspecified atom stereocenters. The fraction of sp³-hybridized carbons (Fsp3) is 0.538. The summed E-state index contributed by atoms with van der Waals surface area (Å²) in [6.45, 7) is 3.76. The number of carbonyl (C=O) groups excluding carboxylic acids is 1. The normalized spacial score (nSPS) is 24.0. The zero-order chi connectivity index (χ0) is 13.1. The largest absolute Gasteiger partial charge is 0.364 e. The molecular weight excluding hydrogens is 228 g/mol. The Kier molecular flexibility index (Phi) is 3.81. The summed E-state index contributed by atoms with van der Waals surface area (Å²) in [5, 5.41) is 0. The topological polar surface area (TPSA) is 85.2 Å². The second kappa shape index (κ2) is 5.35. The first kappa shape index (κ1) is 12.8. The molecule has 4 N–H and O–H groups in total. The molecule has 1 aliphatic heterocycles. The summed E-state index contributed by atoms with van der Waals surface area (Å²) in [4.78, 5) is 17.7. The highest BCUT2D eigenvalue weighted by Gasteiger charge is 2.25. The average Bonchev–Trinajstić information content (AvgIpc) is 2.39. The Morgan fingerprint density at radius 2 is 2.28 bits per heavy atom. The lowest BCUT2D eigenvalue weighted by Gasteiger charge is -2.38. The summed E-state index contributed by atoms with van der Waals surface area (Å²) in [5.41, 5.74) is 11.3. The second-order valence-electron chi connectivity index (χ2n) is 4.93. The maximum atomic E-state index is 11.2. The van der Waals surface area contributed by atoms with Gasteiger partial charge in [-0.1, -0.05) is 6.07 Å². The van der Waals surface area contributed by atoms with Crippen molar-refractivity contribution in [3.8, 4) is 0 Å². The standard InChI is InChI=1S/C13H20N4O/c1-9-5-6-10(7-14)8-17(9)12-4-2-3-11(16-12)13(15)18/h2-4,9-10H,5-8,14H2,1H3,(H2,15,18). The lowest BCUT2D eigenvalue weighted by Crippen LogP contribution is -2.44. The maximum absolute atomic E-state index is 11.2. The van der Waals surface area contributed by atoms with Crippen molar-refractivity contribution in [3.05, 3.63) is 23.9 Å². The van der Waals surface area contributed by atoms with Crippen molar-refractivity contribution in [2.24, 2.45) is 17.4 Å². The third-order valence-electron chi connectivity index (χ3n) is 3.59. The monoisotopic (exact) mass is 248 g/mol. The highest BCUT2D eigenvalue weighted by atomic mass is 16.1. The molecule has 2 heterocycles. The first-order valence-electron chi connectivity index (χ1n) is 6.35. The van der Waals surface area contributed by atoms with Gasteiger partial charge in [-0.3, -0.25) is 4.79 Å². The Labute approximate surface area is 107 Å². The van der Waals surface area contributed by atoms with Gasteiger partial charge in [0.15, 0.2) is 0 Å². The SMILES string of the molecule is CC1CCC(CN)CN1c1cccc(C(N)=O)n1. The highest BCUT2D eigenvalue weighted by molar-refractivity contribution is 5.91. The van der Waals surface area contributed by atoms with E-state index in [0.29, 0.717) is 24.2 Å². The van der Waals surface area contributed by atoms with Gasteiger partial charge in [0, 0.05) is 12.6 Å². The Morgan fingerprint density at radius 1 is 1.50 bits per heavy atom. The summed E-state index contributed by atoms with van der Waals surface area (Å²) < 4.78 is 0. The van der Waals surface area contributed by atoms with Crippen LogP contribution in [0.1, 0.15) is 30.3 Å². The molecule has 2 atom stereocenters. The van der Waals surface area contributed by atoms with Crippen molar-refractivity contribution in [2.75, 3.05) is 18.0 Å². The third-order valence-corrected chi connectivity index (χ3v) is 3.59. The van der Waals surface area contributed by atoms with Gasteiger partial charge in [-0.15, -0.1) is 0 Å². The minimum Gasteiger partial charge on any atom is -0.364 e. The molecule has 5 heteroatoms. The highest BCUT2D eigenvalue weighted by Crippen LogP contribution is 2.25. The Bertz CT molecular complexity index is 435. The molecule has 0 aliphatic carbocycles. The van der Waals surface area contributed by atoms with Crippen LogP contribution >= 0.6 is 0 Å². The predicted molar refractivity (Wildman–Crippen MR) is 71.3 cm³/mol. The van der Waals surface area contributed by atoms with E-state index in [1.807, 2.05) is 12.1 Å². The molecule has 0 spiro atoms. The molecular formula is C13H20N4O. The van der Waals surface area contributed by atoms with Crippen molar-refractivity contribution in [1.29, 1.82) is 0 Å². The van der Waals surface area contributed by atoms with Crippen LogP contribution in [0.5, 0.6) is 0 Å². The fourth-order valence-corrected chi connectivity index (χ4v) is 2.41. The average molecular weight is 248 g/mol. The van der Waals surface area contributed by atoms with Gasteiger partial charge in [-0.05, 0) is 44.4 Å². The van der Waals surface area contributed by atoms with Gasteiger partial charge >= 0.3 is 0 Å². The van der Waals surface area contributed by atoms with Crippen LogP contribution in [0.25, 0.3) is 0 Å². The van der Waals surface area contributed by atoms with Gasteiger partial charge < -0.3 is 16.4 Å². The van der Waals surface area contributed by atoms with E-state index in [1.54, 1.807) is 6.07 Å². The van der Waals surface area contributed by atoms with E-state index >= 15 is 0 Å². The van der Waals surface area contributed by atoms with E-state index in [-0.39, 0.29) is 0 Å². The van der Waals surface area contributed by atoms with Crippen LogP contribution in [-0.2, 0) is 0 Å². The number of amides is 1. The number of hydrogen-bond acceptors (Lipinski definition) is 4. The van der Waals surface area contributed by atoms with Crippen molar-refractivity contribution in [2.45, 2.75) is 25.8 Å². The van der Waals surface area contributed by atoms with Gasteiger partial charge in [0.25, 0.3) is 5.91 Å². The van der Waals surface area contributed by atoms with Crippen molar-refractivity contribution in [1.82, 2.24) is 4.98 Å². The van der Waals surface area contributed by atoms with Crippen LogP contribution in [0.15, 0.2) is 18.2 Å². The predicted octanol–water partition coefficient (Wildman–Crippen LogP) is 0.744. The Balaban J connectivity index is 2.23. The molecule has 98 valence electrons. The van der Waals surface area contributed by atoms with E-state index in [4.69, 9.17) is 11.5 Å². The van der Waals surface area contributed by atoms with E-state index < -0.39 is 5.91 Å². The van der Waals surface area contributed by atoms with Crippen molar-refractivity contribution in [3.63, 3.8) is 0 Å². The summed E-state index contributed by atoms with van der Waals surface area (Å²) >= 11 is 0. The molecule has 5 nitrogen and oxygen atoms in total. The number of rotatable bonds is 3. The number of pyridine rings is 1. The summed E-state index contributed by atoms with van der Waals surface area (Å²) in [6, 6.07) is 5.80. The van der Waals surface area contributed by atoms with Crippen molar-refractivity contribution < 1.29 is 4.79 Å². The number of nitrogens with two attached hydrogens (primary N) is 2. The smallest absolute Gasteiger partial charge is 0.267 e. The molecule has 1 saturated heterocycles. The zero-order valence-electron chi connectivity index (χ0n) is 10.7. The van der Waals surface area contributed by atoms with E-state index in [1.165, 1.54) is 0 Å². The zero-order valence-corrected chi connectivity index (χ0v) is 10.7. The molecule has 0 bridgehead atoms. The van der Waals surface area contributed by atoms with Gasteiger partial charge in [0.05, 0.1) is 0 Å². The number of anilines is 1. The number of hydrogen-bond donors (Lipinski definition) is 2. The van der Waals surface area contributed by atoms with E-state index in [0.717, 1.165) is 25.2 Å². The summed E-state index contributed by atoms with van der Waals surface area (Å²) in [5.74, 6) is 0.828. The fourth-order valence-electron chi connectivity index (χ4n) is 2.41. The first-order valence-corrected chi connectivity index (χ1v) is 6.35. The van der Waals surface area contributed by atoms with Crippen molar-refractivity contribution >= 4 is 11.7 Å². The number of nitrogens with zero attached hydrogens (tertiary/aromatic N) is 2. The van der Waals surface area contributed by atoms with E-state index in [2.05, 4.69) is 16.8 Å². The van der Waals surface area contributed by atoms with Crippen LogP contribution in [0.3, 0.4) is 0 Å². The number of carbonyl (C=O) groups is 1. The van der Waals surface area contributed by atoms with Gasteiger partial charge in [-0.2, -0.15) is 0 Å². The Morgan fingerprint density at radius 3 is 2.94 bits per heavy atom. The Hall–Kier alpha value is -1.62. The molecule has 1 aromatic rings. The molecule has 2 rings (SSSR count). The maximum Gasteiger partial charge on any atom is 0.267 e. The van der Waals surface area contributed by atoms with Crippen LogP contribution in [-0.4, -0.2) is 30.0 Å². The number of piperidine rings is 1. The molecule has 0 radical (unpaired) electrons. The van der Waals surface area contributed by atoms with Gasteiger partial charge in [-0.25, -0.2) is 4.98 Å². The molecule has 1 fully saturated rings. The molecule has 1 aromatic heterocycles. The number of primary amides is 1. The summed E-state index contributed by atoms with van der Waals surface area (Å²) in [7, 11) is 0. The number of aromatic nitrogens is 1. The molecule has 1 aliphatic rings. The van der Waals surface area contributed by atoms with Crippen LogP contribution < -0.4 is 16.4 Å². The second-order valence-corrected chi connectivity index (χ2v) is 4.93. The molecule has 0 saturated carbocycles. The van der Waals surface area contributed by atoms with Crippen LogP contribution in [0.4, 0.5) is 5.82 Å². The van der Waals surface area contributed by atoms with Gasteiger partial charge in [0.2, 0.25) is 0 Å². The van der Waals surface area contributed by atoms with Gasteiger partial charge in [0.1, 0.15) is 11.5 Å². The minimum absolute atomic E-state index is 0.314. The quantitative estimate of drug-likeness (QED) is 0.826. The third kappa shape index (κ3) is 2.61. The molecule has 0 aromatic carbocycles. The lowest BCUT2D eigenvalue weighted by atomic mass is 9.93. The molecule has 18 heavy (non-hydrogen) atoms. The van der Waals surface area contributed by atoms with Crippen LogP contribution in [0, 0.1) is 5.92 Å². The minimum atomic E-state index is -0.489. The first-order chi connectivity index (χ1) is 8.61. The lowest BCUT2D eigenvalue weighted by molar-refractivity contribution is 0.0995. The summed E-state index contributed by atoms with van der Waals surface area (Å²) in [6.07, 6.45) is 2.26. The van der Waals surface area contributed by atoms with E-state index in [9.17, 15) is 4.79 Å². The molecule has 1 amide bonds. The van der Waals surface area contributed by atoms with Crippen LogP contribution in [0.2, 0.25) is 0 Å².